The normalized spacial score (nSPS) is 43.7. The molecule has 0 aromatic carbocycles. The van der Waals surface area contributed by atoms with Gasteiger partial charge in [0.05, 0.1) is 18.3 Å². The van der Waals surface area contributed by atoms with Crippen molar-refractivity contribution >= 4 is 5.78 Å². The number of Topliss-reactive ketones (excluding diaryl/α,β-unsaturated/α-hetero) is 1. The molecule has 0 saturated heterocycles. The van der Waals surface area contributed by atoms with Gasteiger partial charge in [-0.25, -0.2) is 0 Å². The van der Waals surface area contributed by atoms with E-state index in [1.54, 1.807) is 17.1 Å². The Morgan fingerprint density at radius 2 is 2.00 bits per heavy atom. The number of carbonyl (C=O) groups excluding carboxylic acids is 1. The first-order valence-corrected chi connectivity index (χ1v) is 11.9. The third kappa shape index (κ3) is 3.16. The molecule has 0 amide bonds. The molecule has 0 unspecified atom stereocenters. The summed E-state index contributed by atoms with van der Waals surface area (Å²) in [6.07, 6.45) is 15.3. The summed E-state index contributed by atoms with van der Waals surface area (Å²) < 4.78 is 1.66. The van der Waals surface area contributed by atoms with Crippen LogP contribution in [0, 0.1) is 58.2 Å². The molecule has 4 nitrogen and oxygen atoms in total. The second-order valence-corrected chi connectivity index (χ2v) is 11.0. The number of nitriles is 1. The van der Waals surface area contributed by atoms with Crippen LogP contribution in [-0.2, 0) is 11.3 Å². The van der Waals surface area contributed by atoms with E-state index in [2.05, 4.69) is 25.0 Å². The Hall–Kier alpha value is -1.63. The molecule has 4 heteroatoms. The number of fused-ring (bicyclic) bond motifs is 5. The smallest absolute Gasteiger partial charge is 0.157 e. The van der Waals surface area contributed by atoms with Crippen molar-refractivity contribution in [1.82, 2.24) is 9.78 Å². The van der Waals surface area contributed by atoms with Crippen LogP contribution in [0.25, 0.3) is 0 Å². The third-order valence-corrected chi connectivity index (χ3v) is 9.69. The fraction of sp³-hybridized carbons (Fsp3) is 0.800. The molecular formula is C25H35N3O. The Bertz CT molecular complexity index is 822. The minimum absolute atomic E-state index is 0.173. The van der Waals surface area contributed by atoms with Gasteiger partial charge >= 0.3 is 0 Å². The number of aromatic nitrogens is 2. The lowest BCUT2D eigenvalue weighted by molar-refractivity contribution is -0.131. The number of hydrogen-bond acceptors (Lipinski definition) is 3. The van der Waals surface area contributed by atoms with Crippen LogP contribution in [0.3, 0.4) is 0 Å². The van der Waals surface area contributed by atoms with E-state index in [0.29, 0.717) is 17.9 Å². The molecule has 4 saturated carbocycles. The summed E-state index contributed by atoms with van der Waals surface area (Å²) in [4.78, 5) is 13.3. The molecule has 29 heavy (non-hydrogen) atoms. The summed E-state index contributed by atoms with van der Waals surface area (Å²) in [7, 11) is 0. The lowest BCUT2D eigenvalue weighted by Crippen LogP contribution is -2.49. The standard InChI is InChI=1S/C25H35N3O/c1-16-3-5-19-18(11-16)4-6-21-20(19)9-10-25(2)22(21)7-8-23(25)24(29)15-28-14-17(12-26)13-27-28/h13-14,16,18-23H,3-11,15H2,1-2H3/t16-,18+,19-,20+,21+,22-,23+,25-/m0/s1. The number of nitrogens with zero attached hydrogens (tertiary/aromatic N) is 3. The molecule has 156 valence electrons. The van der Waals surface area contributed by atoms with E-state index < -0.39 is 0 Å². The Balaban J connectivity index is 1.31. The molecule has 0 spiro atoms. The molecule has 4 fully saturated rings. The second-order valence-electron chi connectivity index (χ2n) is 11.0. The van der Waals surface area contributed by atoms with Gasteiger partial charge < -0.3 is 0 Å². The van der Waals surface area contributed by atoms with Crippen LogP contribution in [0.1, 0.15) is 77.2 Å². The molecule has 1 heterocycles. The topological polar surface area (TPSA) is 58.7 Å². The van der Waals surface area contributed by atoms with Gasteiger partial charge in [-0.1, -0.05) is 20.3 Å². The van der Waals surface area contributed by atoms with Gasteiger partial charge in [-0.2, -0.15) is 10.4 Å². The summed E-state index contributed by atoms with van der Waals surface area (Å²) in [5.41, 5.74) is 0.713. The van der Waals surface area contributed by atoms with Crippen molar-refractivity contribution in [1.29, 1.82) is 5.26 Å². The highest BCUT2D eigenvalue weighted by Gasteiger charge is 2.58. The predicted octanol–water partition coefficient (Wildman–Crippen LogP) is 5.23. The fourth-order valence-corrected chi connectivity index (χ4v) is 8.39. The van der Waals surface area contributed by atoms with E-state index in [1.165, 1.54) is 51.4 Å². The van der Waals surface area contributed by atoms with E-state index >= 15 is 0 Å². The Morgan fingerprint density at radius 3 is 2.79 bits per heavy atom. The van der Waals surface area contributed by atoms with Crippen LogP contribution >= 0.6 is 0 Å². The molecule has 0 aliphatic heterocycles. The third-order valence-electron chi connectivity index (χ3n) is 9.69. The molecule has 8 atom stereocenters. The van der Waals surface area contributed by atoms with Gasteiger partial charge in [0, 0.05) is 12.1 Å². The first kappa shape index (κ1) is 19.3. The van der Waals surface area contributed by atoms with E-state index in [4.69, 9.17) is 5.26 Å². The van der Waals surface area contributed by atoms with Crippen LogP contribution in [0.15, 0.2) is 12.4 Å². The van der Waals surface area contributed by atoms with Gasteiger partial charge in [-0.3, -0.25) is 9.48 Å². The molecule has 0 N–H and O–H groups in total. The van der Waals surface area contributed by atoms with Crippen molar-refractivity contribution in [3.63, 3.8) is 0 Å². The monoisotopic (exact) mass is 393 g/mol. The Kier molecular flexibility index (Phi) is 4.84. The summed E-state index contributed by atoms with van der Waals surface area (Å²) in [6, 6.07) is 2.10. The first-order chi connectivity index (χ1) is 14.0. The molecule has 5 rings (SSSR count). The number of rotatable bonds is 3. The Morgan fingerprint density at radius 1 is 1.17 bits per heavy atom. The molecular weight excluding hydrogens is 358 g/mol. The number of hydrogen-bond donors (Lipinski definition) is 0. The minimum atomic E-state index is 0.173. The second kappa shape index (κ2) is 7.25. The van der Waals surface area contributed by atoms with Gasteiger partial charge in [-0.05, 0) is 92.3 Å². The number of ketones is 1. The van der Waals surface area contributed by atoms with E-state index in [1.807, 2.05) is 0 Å². The highest BCUT2D eigenvalue weighted by atomic mass is 16.1. The minimum Gasteiger partial charge on any atom is -0.297 e. The maximum absolute atomic E-state index is 13.3. The zero-order valence-electron chi connectivity index (χ0n) is 18.0. The highest BCUT2D eigenvalue weighted by molar-refractivity contribution is 5.82. The Labute approximate surface area is 175 Å². The maximum Gasteiger partial charge on any atom is 0.157 e. The van der Waals surface area contributed by atoms with Crippen molar-refractivity contribution in [2.45, 2.75) is 78.2 Å². The lowest BCUT2D eigenvalue weighted by atomic mass is 9.49. The van der Waals surface area contributed by atoms with Gasteiger partial charge in [0.25, 0.3) is 0 Å². The van der Waals surface area contributed by atoms with E-state index in [9.17, 15) is 4.79 Å². The van der Waals surface area contributed by atoms with E-state index in [-0.39, 0.29) is 11.3 Å². The molecule has 4 aliphatic carbocycles. The molecule has 1 aromatic heterocycles. The van der Waals surface area contributed by atoms with Crippen LogP contribution in [0.4, 0.5) is 0 Å². The molecule has 4 aliphatic rings. The summed E-state index contributed by atoms with van der Waals surface area (Å²) in [5, 5.41) is 13.2. The summed E-state index contributed by atoms with van der Waals surface area (Å²) in [6.45, 7) is 5.21. The van der Waals surface area contributed by atoms with Crippen molar-refractivity contribution in [3.8, 4) is 6.07 Å². The van der Waals surface area contributed by atoms with Gasteiger partial charge in [0.1, 0.15) is 6.07 Å². The van der Waals surface area contributed by atoms with Crippen molar-refractivity contribution in [2.24, 2.45) is 46.8 Å². The quantitative estimate of drug-likeness (QED) is 0.706. The van der Waals surface area contributed by atoms with Crippen molar-refractivity contribution in [2.75, 3.05) is 0 Å². The highest BCUT2D eigenvalue weighted by Crippen LogP contribution is 2.64. The van der Waals surface area contributed by atoms with Crippen LogP contribution in [0.5, 0.6) is 0 Å². The predicted molar refractivity (Wildman–Crippen MR) is 112 cm³/mol. The van der Waals surface area contributed by atoms with Gasteiger partial charge in [-0.15, -0.1) is 0 Å². The largest absolute Gasteiger partial charge is 0.297 e. The first-order valence-electron chi connectivity index (χ1n) is 11.9. The average Bonchev–Trinajstić information content (AvgIpc) is 3.30. The van der Waals surface area contributed by atoms with Crippen molar-refractivity contribution in [3.05, 3.63) is 18.0 Å². The number of carbonyl (C=O) groups is 1. The van der Waals surface area contributed by atoms with Gasteiger partial charge in [0.2, 0.25) is 0 Å². The lowest BCUT2D eigenvalue weighted by Gasteiger charge is -2.56. The van der Waals surface area contributed by atoms with Crippen LogP contribution in [0.2, 0.25) is 0 Å². The fourth-order valence-electron chi connectivity index (χ4n) is 8.39. The molecule has 0 radical (unpaired) electrons. The van der Waals surface area contributed by atoms with E-state index in [0.717, 1.165) is 41.9 Å². The maximum atomic E-state index is 13.3. The average molecular weight is 394 g/mol. The zero-order valence-corrected chi connectivity index (χ0v) is 18.0. The van der Waals surface area contributed by atoms with Crippen LogP contribution < -0.4 is 0 Å². The summed E-state index contributed by atoms with van der Waals surface area (Å²) in [5.74, 6) is 5.92. The van der Waals surface area contributed by atoms with Crippen molar-refractivity contribution < 1.29 is 4.79 Å². The molecule has 0 bridgehead atoms. The zero-order chi connectivity index (χ0) is 20.2. The summed E-state index contributed by atoms with van der Waals surface area (Å²) >= 11 is 0. The van der Waals surface area contributed by atoms with Gasteiger partial charge in [0.15, 0.2) is 5.78 Å². The van der Waals surface area contributed by atoms with Crippen LogP contribution in [-0.4, -0.2) is 15.6 Å². The SMILES string of the molecule is C[C@H]1CC[C@H]2[C@H](CC[C@@H]3[C@@H]2CC[C@]2(C)[C@@H](C(=O)Cn4cc(C#N)cn4)CC[C@@H]32)C1. The molecule has 1 aromatic rings.